The second-order valence-corrected chi connectivity index (χ2v) is 6.46. The Morgan fingerprint density at radius 1 is 1.21 bits per heavy atom. The third-order valence-corrected chi connectivity index (χ3v) is 4.27. The molecule has 2 fully saturated rings. The molecule has 2 aliphatic rings. The van der Waals surface area contributed by atoms with Crippen molar-refractivity contribution in [3.8, 4) is 0 Å². The van der Waals surface area contributed by atoms with E-state index in [0.717, 1.165) is 36.5 Å². The van der Waals surface area contributed by atoms with Crippen molar-refractivity contribution in [3.63, 3.8) is 0 Å². The summed E-state index contributed by atoms with van der Waals surface area (Å²) in [6.07, 6.45) is 1.55. The summed E-state index contributed by atoms with van der Waals surface area (Å²) in [5.41, 5.74) is 1.41. The van der Waals surface area contributed by atoms with Crippen molar-refractivity contribution < 1.29 is 4.39 Å². The Morgan fingerprint density at radius 2 is 1.79 bits per heavy atom. The summed E-state index contributed by atoms with van der Waals surface area (Å²) in [7, 11) is 0. The van der Waals surface area contributed by atoms with Gasteiger partial charge < -0.3 is 4.90 Å². The van der Waals surface area contributed by atoms with Crippen molar-refractivity contribution in [2.24, 2.45) is 23.2 Å². The molecule has 0 aromatic carbocycles. The lowest BCUT2D eigenvalue weighted by atomic mass is 9.87. The maximum atomic E-state index is 13.1. The minimum atomic E-state index is -0.379. The van der Waals surface area contributed by atoms with Gasteiger partial charge in [0.15, 0.2) is 0 Å². The fraction of sp³-hybridized carbons (Fsp3) is 0.688. The maximum absolute atomic E-state index is 13.1. The normalized spacial score (nSPS) is 28.5. The highest BCUT2D eigenvalue weighted by atomic mass is 19.1. The predicted molar refractivity (Wildman–Crippen MR) is 77.7 cm³/mol. The van der Waals surface area contributed by atoms with Crippen LogP contribution >= 0.6 is 0 Å². The van der Waals surface area contributed by atoms with Crippen molar-refractivity contribution >= 4 is 5.69 Å². The van der Waals surface area contributed by atoms with Crippen LogP contribution in [0.3, 0.4) is 0 Å². The molecular formula is C16H25FN2. The first-order chi connectivity index (χ1) is 8.97. The van der Waals surface area contributed by atoms with E-state index in [4.69, 9.17) is 0 Å². The molecule has 0 radical (unpaired) electrons. The van der Waals surface area contributed by atoms with Crippen LogP contribution in [0.2, 0.25) is 0 Å². The van der Waals surface area contributed by atoms with Crippen LogP contribution in [0.25, 0.3) is 0 Å². The van der Waals surface area contributed by atoms with E-state index in [9.17, 15) is 4.39 Å². The van der Waals surface area contributed by atoms with Crippen molar-refractivity contribution in [1.29, 1.82) is 0 Å². The minimum absolute atomic E-state index is 0.379. The lowest BCUT2D eigenvalue weighted by molar-refractivity contribution is 0.309. The van der Waals surface area contributed by atoms with Crippen LogP contribution in [-0.4, -0.2) is 18.1 Å². The fourth-order valence-corrected chi connectivity index (χ4v) is 3.61. The summed E-state index contributed by atoms with van der Waals surface area (Å²) < 4.78 is 13.1. The van der Waals surface area contributed by atoms with Gasteiger partial charge >= 0.3 is 0 Å². The Hall–Kier alpha value is -1.12. The zero-order valence-corrected chi connectivity index (χ0v) is 12.7. The summed E-state index contributed by atoms with van der Waals surface area (Å²) in [4.78, 5) is 5.90. The summed E-state index contributed by atoms with van der Waals surface area (Å²) in [6, 6.07) is 3.44. The topological polar surface area (TPSA) is 16.1 Å². The highest BCUT2D eigenvalue weighted by Gasteiger charge is 2.59. The number of rotatable bonds is 1. The van der Waals surface area contributed by atoms with Gasteiger partial charge in [-0.3, -0.25) is 0 Å². The first-order valence-corrected chi connectivity index (χ1v) is 7.33. The van der Waals surface area contributed by atoms with Gasteiger partial charge in [0.25, 0.3) is 0 Å². The molecule has 3 heteroatoms. The Bertz CT molecular complexity index is 427. The molecule has 1 aromatic rings. The zero-order valence-electron chi connectivity index (χ0n) is 12.7. The molecule has 2 heterocycles. The van der Waals surface area contributed by atoms with Crippen LogP contribution in [0.15, 0.2) is 18.3 Å². The molecule has 106 valence electrons. The molecule has 1 aromatic heterocycles. The van der Waals surface area contributed by atoms with Crippen LogP contribution in [0.1, 0.15) is 34.6 Å². The van der Waals surface area contributed by atoms with E-state index in [1.807, 2.05) is 19.9 Å². The van der Waals surface area contributed by atoms with E-state index in [1.165, 1.54) is 6.07 Å². The summed E-state index contributed by atoms with van der Waals surface area (Å²) in [5.74, 6) is 2.10. The largest absolute Gasteiger partial charge is 0.371 e. The molecule has 0 bridgehead atoms. The smallest absolute Gasteiger partial charge is 0.214 e. The number of hydrogen-bond donors (Lipinski definition) is 0. The molecule has 1 saturated carbocycles. The second-order valence-electron chi connectivity index (χ2n) is 6.46. The standard InChI is InChI=1S/C14H19FN2.C2H6/c1-14(2,3)13-10-7-17(8-11(10)13)9-4-5-16-12(15)6-9;1-2/h4-6,10-11,13H,7-8H2,1-3H3;1-2H3. The van der Waals surface area contributed by atoms with E-state index < -0.39 is 0 Å². The number of nitrogens with zero attached hydrogens (tertiary/aromatic N) is 2. The van der Waals surface area contributed by atoms with Crippen molar-refractivity contribution in [2.75, 3.05) is 18.0 Å². The number of anilines is 1. The Balaban J connectivity index is 0.000000637. The third kappa shape index (κ3) is 2.75. The van der Waals surface area contributed by atoms with Gasteiger partial charge in [-0.25, -0.2) is 4.98 Å². The molecular weight excluding hydrogens is 239 g/mol. The number of pyridine rings is 1. The number of halogens is 1. The Morgan fingerprint density at radius 3 is 2.26 bits per heavy atom. The van der Waals surface area contributed by atoms with Crippen LogP contribution in [-0.2, 0) is 0 Å². The van der Waals surface area contributed by atoms with E-state index in [0.29, 0.717) is 5.41 Å². The van der Waals surface area contributed by atoms with Crippen LogP contribution in [0.5, 0.6) is 0 Å². The Kier molecular flexibility index (Phi) is 3.84. The van der Waals surface area contributed by atoms with Gasteiger partial charge in [0.1, 0.15) is 0 Å². The maximum Gasteiger partial charge on any atom is 0.214 e. The van der Waals surface area contributed by atoms with Crippen LogP contribution in [0.4, 0.5) is 10.1 Å². The van der Waals surface area contributed by atoms with Gasteiger partial charge in [-0.2, -0.15) is 4.39 Å². The van der Waals surface area contributed by atoms with Gasteiger partial charge in [-0.05, 0) is 29.2 Å². The van der Waals surface area contributed by atoms with Crippen molar-refractivity contribution in [1.82, 2.24) is 4.98 Å². The van der Waals surface area contributed by atoms with E-state index in [1.54, 1.807) is 6.20 Å². The SMILES string of the molecule is CC.CC(C)(C)C1C2CN(c3ccnc(F)c3)CC21. The highest BCUT2D eigenvalue weighted by Crippen LogP contribution is 2.60. The predicted octanol–water partition coefficient (Wildman–Crippen LogP) is 3.98. The molecule has 2 atom stereocenters. The summed E-state index contributed by atoms with van der Waals surface area (Å²) in [6.45, 7) is 13.1. The highest BCUT2D eigenvalue weighted by molar-refractivity contribution is 5.48. The average Bonchev–Trinajstić information content (AvgIpc) is 2.90. The quantitative estimate of drug-likeness (QED) is 0.713. The first kappa shape index (κ1) is 14.3. The molecule has 3 rings (SSSR count). The first-order valence-electron chi connectivity index (χ1n) is 7.33. The van der Waals surface area contributed by atoms with Crippen molar-refractivity contribution in [3.05, 3.63) is 24.3 Å². The lowest BCUT2D eigenvalue weighted by Gasteiger charge is -2.27. The van der Waals surface area contributed by atoms with E-state index in [2.05, 4.69) is 30.7 Å². The monoisotopic (exact) mass is 264 g/mol. The van der Waals surface area contributed by atoms with Crippen molar-refractivity contribution in [2.45, 2.75) is 34.6 Å². The second kappa shape index (κ2) is 5.10. The molecule has 19 heavy (non-hydrogen) atoms. The summed E-state index contributed by atoms with van der Waals surface area (Å²) >= 11 is 0. The van der Waals surface area contributed by atoms with E-state index >= 15 is 0 Å². The van der Waals surface area contributed by atoms with Crippen LogP contribution in [0, 0.1) is 29.1 Å². The number of fused-ring (bicyclic) bond motifs is 1. The van der Waals surface area contributed by atoms with Gasteiger partial charge in [0.05, 0.1) is 0 Å². The van der Waals surface area contributed by atoms with Crippen LogP contribution < -0.4 is 4.90 Å². The van der Waals surface area contributed by atoms with Gasteiger partial charge in [-0.1, -0.05) is 34.6 Å². The average molecular weight is 264 g/mol. The molecule has 0 spiro atoms. The minimum Gasteiger partial charge on any atom is -0.371 e. The molecule has 0 amide bonds. The Labute approximate surface area is 116 Å². The number of piperidine rings is 1. The number of hydrogen-bond acceptors (Lipinski definition) is 2. The van der Waals surface area contributed by atoms with E-state index in [-0.39, 0.29) is 5.95 Å². The number of aromatic nitrogens is 1. The van der Waals surface area contributed by atoms with Gasteiger partial charge in [0.2, 0.25) is 5.95 Å². The molecule has 1 saturated heterocycles. The molecule has 2 unspecified atom stereocenters. The summed E-state index contributed by atoms with van der Waals surface area (Å²) in [5, 5.41) is 0. The zero-order chi connectivity index (χ0) is 14.2. The van der Waals surface area contributed by atoms with Gasteiger partial charge in [-0.15, -0.1) is 0 Å². The lowest BCUT2D eigenvalue weighted by Crippen LogP contribution is -2.27. The third-order valence-electron chi connectivity index (χ3n) is 4.27. The molecule has 0 N–H and O–H groups in total. The molecule has 1 aliphatic heterocycles. The fourth-order valence-electron chi connectivity index (χ4n) is 3.61. The molecule has 2 nitrogen and oxygen atoms in total. The van der Waals surface area contributed by atoms with Gasteiger partial charge in [0, 0.05) is 31.0 Å². The molecule has 1 aliphatic carbocycles.